The molecule has 1 aliphatic heterocycles. The highest BCUT2D eigenvalue weighted by atomic mass is 35.5. The maximum atomic E-state index is 12.6. The van der Waals surface area contributed by atoms with Crippen LogP contribution in [0.25, 0.3) is 0 Å². The van der Waals surface area contributed by atoms with Gasteiger partial charge in [0, 0.05) is 31.9 Å². The summed E-state index contributed by atoms with van der Waals surface area (Å²) in [5.41, 5.74) is 7.30. The maximum Gasteiger partial charge on any atom is 0.239 e. The average Bonchev–Trinajstić information content (AvgIpc) is 2.63. The van der Waals surface area contributed by atoms with E-state index in [1.54, 1.807) is 12.1 Å². The van der Waals surface area contributed by atoms with Crippen LogP contribution in [0.5, 0.6) is 5.75 Å². The third-order valence-corrected chi connectivity index (χ3v) is 5.44. The number of nitrogens with two attached hydrogens (primary N) is 1. The molecule has 1 atom stereocenters. The van der Waals surface area contributed by atoms with E-state index >= 15 is 0 Å². The summed E-state index contributed by atoms with van der Waals surface area (Å²) in [4.78, 5) is 16.8. The van der Waals surface area contributed by atoms with Crippen LogP contribution in [0, 0.1) is 5.92 Å². The molecule has 0 radical (unpaired) electrons. The van der Waals surface area contributed by atoms with Gasteiger partial charge in [-0.05, 0) is 36.6 Å². The number of halogens is 1. The summed E-state index contributed by atoms with van der Waals surface area (Å²) < 4.78 is 0. The highest BCUT2D eigenvalue weighted by molar-refractivity contribution is 5.85. The van der Waals surface area contributed by atoms with Crippen molar-refractivity contribution in [2.75, 3.05) is 31.1 Å². The molecule has 140 valence electrons. The Kier molecular flexibility index (Phi) is 7.38. The molecule has 0 bridgehead atoms. The van der Waals surface area contributed by atoms with Gasteiger partial charge in [-0.3, -0.25) is 4.79 Å². The number of aromatic hydroxyl groups is 1. The molecule has 1 unspecified atom stereocenters. The lowest BCUT2D eigenvalue weighted by Crippen LogP contribution is -2.53. The Balaban J connectivity index is 0.00000225. The van der Waals surface area contributed by atoms with E-state index in [9.17, 15) is 9.90 Å². The van der Waals surface area contributed by atoms with Crippen LogP contribution in [0.4, 0.5) is 5.69 Å². The van der Waals surface area contributed by atoms with Gasteiger partial charge in [-0.15, -0.1) is 12.4 Å². The van der Waals surface area contributed by atoms with Gasteiger partial charge in [0.15, 0.2) is 0 Å². The number of rotatable bonds is 4. The summed E-state index contributed by atoms with van der Waals surface area (Å²) in [6, 6.07) is 6.90. The number of anilines is 1. The minimum absolute atomic E-state index is 0. The summed E-state index contributed by atoms with van der Waals surface area (Å²) >= 11 is 0. The molecule has 6 heteroatoms. The summed E-state index contributed by atoms with van der Waals surface area (Å²) in [7, 11) is 0. The van der Waals surface area contributed by atoms with Crippen molar-refractivity contribution < 1.29 is 9.90 Å². The van der Waals surface area contributed by atoms with Gasteiger partial charge in [-0.1, -0.05) is 32.1 Å². The van der Waals surface area contributed by atoms with Gasteiger partial charge in [0.1, 0.15) is 5.75 Å². The Morgan fingerprint density at radius 3 is 2.28 bits per heavy atom. The van der Waals surface area contributed by atoms with Crippen molar-refractivity contribution in [2.45, 2.75) is 44.6 Å². The van der Waals surface area contributed by atoms with Crippen LogP contribution in [-0.4, -0.2) is 48.1 Å². The zero-order chi connectivity index (χ0) is 16.9. The molecule has 2 aliphatic rings. The number of hydrogen-bond acceptors (Lipinski definition) is 4. The molecule has 3 rings (SSSR count). The van der Waals surface area contributed by atoms with E-state index in [0.717, 1.165) is 38.3 Å². The smallest absolute Gasteiger partial charge is 0.239 e. The lowest BCUT2D eigenvalue weighted by molar-refractivity contribution is -0.133. The van der Waals surface area contributed by atoms with Crippen molar-refractivity contribution in [3.63, 3.8) is 0 Å². The first kappa shape index (κ1) is 19.9. The number of nitrogens with zero attached hydrogens (tertiary/aromatic N) is 2. The minimum atomic E-state index is -0.340. The topological polar surface area (TPSA) is 69.8 Å². The van der Waals surface area contributed by atoms with Crippen molar-refractivity contribution in [2.24, 2.45) is 11.7 Å². The first-order valence-electron chi connectivity index (χ1n) is 9.22. The summed E-state index contributed by atoms with van der Waals surface area (Å²) in [5.74, 6) is 1.03. The second-order valence-corrected chi connectivity index (χ2v) is 7.17. The van der Waals surface area contributed by atoms with Crippen molar-refractivity contribution in [3.05, 3.63) is 24.3 Å². The van der Waals surface area contributed by atoms with E-state index in [0.29, 0.717) is 5.92 Å². The number of amides is 1. The van der Waals surface area contributed by atoms with Gasteiger partial charge < -0.3 is 20.6 Å². The van der Waals surface area contributed by atoms with Crippen molar-refractivity contribution >= 4 is 24.0 Å². The van der Waals surface area contributed by atoms with E-state index < -0.39 is 0 Å². The highest BCUT2D eigenvalue weighted by Gasteiger charge is 2.27. The lowest BCUT2D eigenvalue weighted by Gasteiger charge is -2.37. The molecule has 1 aromatic carbocycles. The molecule has 1 amide bonds. The summed E-state index contributed by atoms with van der Waals surface area (Å²) in [6.07, 6.45) is 7.22. The maximum absolute atomic E-state index is 12.6. The molecular weight excluding hydrogens is 338 g/mol. The molecule has 25 heavy (non-hydrogen) atoms. The fourth-order valence-corrected chi connectivity index (χ4v) is 3.97. The normalized spacial score (nSPS) is 20.0. The van der Waals surface area contributed by atoms with Crippen LogP contribution in [0.2, 0.25) is 0 Å². The second kappa shape index (κ2) is 9.30. The van der Waals surface area contributed by atoms with Crippen LogP contribution in [0.1, 0.15) is 38.5 Å². The summed E-state index contributed by atoms with van der Waals surface area (Å²) in [6.45, 7) is 3.06. The van der Waals surface area contributed by atoms with Crippen LogP contribution >= 0.6 is 12.4 Å². The molecule has 0 aromatic heterocycles. The minimum Gasteiger partial charge on any atom is -0.508 e. The zero-order valence-electron chi connectivity index (χ0n) is 14.8. The first-order valence-corrected chi connectivity index (χ1v) is 9.22. The third kappa shape index (κ3) is 5.25. The molecule has 1 aliphatic carbocycles. The predicted octanol–water partition coefficient (Wildman–Crippen LogP) is 2.76. The van der Waals surface area contributed by atoms with Crippen LogP contribution in [0.3, 0.4) is 0 Å². The van der Waals surface area contributed by atoms with E-state index in [-0.39, 0.29) is 30.1 Å². The van der Waals surface area contributed by atoms with Gasteiger partial charge in [0.25, 0.3) is 0 Å². The molecule has 0 spiro atoms. The van der Waals surface area contributed by atoms with Crippen molar-refractivity contribution in [1.82, 2.24) is 4.90 Å². The average molecular weight is 368 g/mol. The number of carbonyl (C=O) groups excluding carboxylic acids is 1. The van der Waals surface area contributed by atoms with Gasteiger partial charge in [0.2, 0.25) is 5.91 Å². The standard InChI is InChI=1S/C19H29N3O2.ClH/c20-18(14-15-4-2-1-3-5-15)19(24)22-12-10-21(11-13-22)16-6-8-17(23)9-7-16;/h6-9,15,18,23H,1-5,10-14,20H2;1H. The third-order valence-electron chi connectivity index (χ3n) is 5.44. The largest absolute Gasteiger partial charge is 0.508 e. The van der Waals surface area contributed by atoms with E-state index in [4.69, 9.17) is 5.73 Å². The second-order valence-electron chi connectivity index (χ2n) is 7.17. The molecule has 3 N–H and O–H groups in total. The number of carbonyl (C=O) groups is 1. The van der Waals surface area contributed by atoms with Crippen LogP contribution in [0.15, 0.2) is 24.3 Å². The Labute approximate surface area is 156 Å². The van der Waals surface area contributed by atoms with Gasteiger partial charge in [0.05, 0.1) is 6.04 Å². The van der Waals surface area contributed by atoms with E-state index in [1.807, 2.05) is 17.0 Å². The van der Waals surface area contributed by atoms with Crippen molar-refractivity contribution in [1.29, 1.82) is 0 Å². The number of benzene rings is 1. The molecule has 1 saturated heterocycles. The van der Waals surface area contributed by atoms with Crippen LogP contribution in [-0.2, 0) is 4.79 Å². The fourth-order valence-electron chi connectivity index (χ4n) is 3.97. The SMILES string of the molecule is Cl.NC(CC1CCCCC1)C(=O)N1CCN(c2ccc(O)cc2)CC1. The molecule has 1 aromatic rings. The van der Waals surface area contributed by atoms with Crippen LogP contribution < -0.4 is 10.6 Å². The number of phenols is 1. The Morgan fingerprint density at radius 1 is 1.08 bits per heavy atom. The van der Waals surface area contributed by atoms with Gasteiger partial charge in [-0.2, -0.15) is 0 Å². The Morgan fingerprint density at radius 2 is 1.68 bits per heavy atom. The molecule has 2 fully saturated rings. The molecule has 5 nitrogen and oxygen atoms in total. The summed E-state index contributed by atoms with van der Waals surface area (Å²) in [5, 5.41) is 9.38. The van der Waals surface area contributed by atoms with E-state index in [1.165, 1.54) is 32.1 Å². The van der Waals surface area contributed by atoms with E-state index in [2.05, 4.69) is 4.90 Å². The Bertz CT molecular complexity index is 538. The molecular formula is C19H30ClN3O2. The lowest BCUT2D eigenvalue weighted by atomic mass is 9.84. The van der Waals surface area contributed by atoms with Gasteiger partial charge >= 0.3 is 0 Å². The Hall–Kier alpha value is -1.46. The highest BCUT2D eigenvalue weighted by Crippen LogP contribution is 2.27. The monoisotopic (exact) mass is 367 g/mol. The number of phenolic OH excluding ortho intramolecular Hbond substituents is 1. The first-order chi connectivity index (χ1) is 11.6. The number of piperazine rings is 1. The zero-order valence-corrected chi connectivity index (χ0v) is 15.6. The van der Waals surface area contributed by atoms with Crippen molar-refractivity contribution in [3.8, 4) is 5.75 Å². The molecule has 1 heterocycles. The predicted molar refractivity (Wildman–Crippen MR) is 103 cm³/mol. The number of hydrogen-bond donors (Lipinski definition) is 2. The molecule has 1 saturated carbocycles. The quantitative estimate of drug-likeness (QED) is 0.858. The fraction of sp³-hybridized carbons (Fsp3) is 0.632. The van der Waals surface area contributed by atoms with Gasteiger partial charge in [-0.25, -0.2) is 0 Å².